The molecular formula is C63H113NO10. The van der Waals surface area contributed by atoms with Gasteiger partial charge in [-0.2, -0.15) is 0 Å². The molecule has 11 heteroatoms. The van der Waals surface area contributed by atoms with Gasteiger partial charge in [0.2, 0.25) is 5.91 Å². The third-order valence-electron chi connectivity index (χ3n) is 14.1. The molecule has 7 unspecified atom stereocenters. The standard InChI is InChI=1S/C63H113NO10/c1-3-5-7-9-11-13-15-17-27-31-35-39-43-47-51-59(68)72-52-48-44-40-36-32-28-24-22-20-18-19-21-23-26-30-34-38-42-46-50-58(67)64-55(54-73-63-62(71)61(70)60(69)57(53-65)74-63)56(66)49-45-41-37-33-29-25-16-14-12-10-8-6-4-2/h9,11,15,17,22,24,28,32,45,49,55-57,60-63,65-66,69-71H,3-8,10,12-14,16,18-21,23,25-27,29-31,33-44,46-48,50-54H2,1-2H3,(H,64,67)/b11-9-,17-15-,24-22-,32-28-,49-45+. The van der Waals surface area contributed by atoms with Gasteiger partial charge < -0.3 is 45.1 Å². The van der Waals surface area contributed by atoms with E-state index in [0.717, 1.165) is 103 Å². The Morgan fingerprint density at radius 3 is 1.49 bits per heavy atom. The highest BCUT2D eigenvalue weighted by atomic mass is 16.7. The zero-order chi connectivity index (χ0) is 53.8. The minimum atomic E-state index is -1.58. The van der Waals surface area contributed by atoms with E-state index in [0.29, 0.717) is 19.4 Å². The molecule has 1 fully saturated rings. The lowest BCUT2D eigenvalue weighted by atomic mass is 9.99. The van der Waals surface area contributed by atoms with Crippen molar-refractivity contribution in [3.63, 3.8) is 0 Å². The summed E-state index contributed by atoms with van der Waals surface area (Å²) in [5.41, 5.74) is 0. The normalized spacial score (nSPS) is 19.3. The van der Waals surface area contributed by atoms with Gasteiger partial charge in [0.25, 0.3) is 0 Å². The fourth-order valence-corrected chi connectivity index (χ4v) is 9.21. The maximum atomic E-state index is 13.0. The van der Waals surface area contributed by atoms with Crippen LogP contribution in [-0.2, 0) is 23.8 Å². The van der Waals surface area contributed by atoms with Gasteiger partial charge >= 0.3 is 5.97 Å². The van der Waals surface area contributed by atoms with Crippen molar-refractivity contribution in [1.29, 1.82) is 0 Å². The molecule has 1 rings (SSSR count). The molecule has 0 saturated carbocycles. The van der Waals surface area contributed by atoms with Crippen LogP contribution in [-0.4, -0.2) is 100 Å². The first-order valence-corrected chi connectivity index (χ1v) is 30.6. The number of nitrogens with one attached hydrogen (secondary N) is 1. The molecule has 1 saturated heterocycles. The van der Waals surface area contributed by atoms with Crippen molar-refractivity contribution in [2.24, 2.45) is 0 Å². The van der Waals surface area contributed by atoms with E-state index in [-0.39, 0.29) is 18.5 Å². The number of rotatable bonds is 52. The third kappa shape index (κ3) is 41.5. The van der Waals surface area contributed by atoms with Crippen LogP contribution in [0.3, 0.4) is 0 Å². The molecule has 430 valence electrons. The van der Waals surface area contributed by atoms with Crippen LogP contribution in [0.5, 0.6) is 0 Å². The first-order valence-electron chi connectivity index (χ1n) is 30.6. The quantitative estimate of drug-likeness (QED) is 0.0149. The molecule has 6 N–H and O–H groups in total. The van der Waals surface area contributed by atoms with Gasteiger partial charge in [-0.3, -0.25) is 9.59 Å². The summed E-state index contributed by atoms with van der Waals surface area (Å²) in [6, 6.07) is -0.819. The summed E-state index contributed by atoms with van der Waals surface area (Å²) in [5.74, 6) is -0.236. The lowest BCUT2D eigenvalue weighted by Crippen LogP contribution is -2.60. The number of hydrogen-bond acceptors (Lipinski definition) is 10. The largest absolute Gasteiger partial charge is 0.466 e. The second-order valence-corrected chi connectivity index (χ2v) is 21.1. The fourth-order valence-electron chi connectivity index (χ4n) is 9.21. The number of esters is 1. The van der Waals surface area contributed by atoms with Crippen molar-refractivity contribution >= 4 is 11.9 Å². The topological polar surface area (TPSA) is 175 Å². The van der Waals surface area contributed by atoms with Crippen molar-refractivity contribution in [1.82, 2.24) is 5.32 Å². The second-order valence-electron chi connectivity index (χ2n) is 21.1. The average Bonchev–Trinajstić information content (AvgIpc) is 3.40. The molecule has 0 bridgehead atoms. The molecule has 11 nitrogen and oxygen atoms in total. The number of amides is 1. The molecule has 74 heavy (non-hydrogen) atoms. The van der Waals surface area contributed by atoms with Crippen LogP contribution in [0.15, 0.2) is 60.8 Å². The Bertz CT molecular complexity index is 1410. The van der Waals surface area contributed by atoms with E-state index in [2.05, 4.69) is 67.8 Å². The number of carbonyl (C=O) groups is 2. The molecule has 0 aliphatic carbocycles. The highest BCUT2D eigenvalue weighted by molar-refractivity contribution is 5.76. The Hall–Kier alpha value is -2.64. The maximum absolute atomic E-state index is 13.0. The summed E-state index contributed by atoms with van der Waals surface area (Å²) >= 11 is 0. The van der Waals surface area contributed by atoms with Gasteiger partial charge in [0.15, 0.2) is 6.29 Å². The molecule has 0 aromatic carbocycles. The molecule has 0 spiro atoms. The van der Waals surface area contributed by atoms with Gasteiger partial charge in [-0.25, -0.2) is 0 Å². The average molecular weight is 1040 g/mol. The highest BCUT2D eigenvalue weighted by Gasteiger charge is 2.44. The van der Waals surface area contributed by atoms with Gasteiger partial charge in [-0.15, -0.1) is 0 Å². The number of carbonyl (C=O) groups excluding carboxylic acids is 2. The summed E-state index contributed by atoms with van der Waals surface area (Å²) in [6.45, 7) is 4.24. The van der Waals surface area contributed by atoms with Crippen molar-refractivity contribution in [3.05, 3.63) is 60.8 Å². The minimum absolute atomic E-state index is 0.0435. The van der Waals surface area contributed by atoms with E-state index >= 15 is 0 Å². The molecule has 1 heterocycles. The third-order valence-corrected chi connectivity index (χ3v) is 14.1. The summed E-state index contributed by atoms with van der Waals surface area (Å²) in [6.07, 6.45) is 57.3. The number of aliphatic hydroxyl groups is 5. The molecule has 0 aromatic rings. The zero-order valence-corrected chi connectivity index (χ0v) is 47.3. The maximum Gasteiger partial charge on any atom is 0.305 e. The highest BCUT2D eigenvalue weighted by Crippen LogP contribution is 2.23. The van der Waals surface area contributed by atoms with E-state index in [1.54, 1.807) is 6.08 Å². The number of allylic oxidation sites excluding steroid dienone is 9. The fraction of sp³-hybridized carbons (Fsp3) is 0.810. The summed E-state index contributed by atoms with van der Waals surface area (Å²) in [7, 11) is 0. The molecule has 0 radical (unpaired) electrons. The van der Waals surface area contributed by atoms with Crippen LogP contribution < -0.4 is 5.32 Å². The number of aliphatic hydroxyl groups excluding tert-OH is 5. The van der Waals surface area contributed by atoms with Crippen LogP contribution in [0.1, 0.15) is 264 Å². The Kier molecular flexibility index (Phi) is 49.1. The first kappa shape index (κ1) is 69.4. The molecule has 1 aliphatic rings. The molecule has 1 amide bonds. The minimum Gasteiger partial charge on any atom is -0.466 e. The van der Waals surface area contributed by atoms with Gasteiger partial charge in [0, 0.05) is 12.8 Å². The molecule has 0 aromatic heterocycles. The predicted octanol–water partition coefficient (Wildman–Crippen LogP) is 14.2. The second kappa shape index (κ2) is 52.4. The lowest BCUT2D eigenvalue weighted by Gasteiger charge is -2.40. The van der Waals surface area contributed by atoms with Crippen LogP contribution in [0.4, 0.5) is 0 Å². The Morgan fingerprint density at radius 1 is 0.514 bits per heavy atom. The van der Waals surface area contributed by atoms with Crippen LogP contribution in [0.2, 0.25) is 0 Å². The summed E-state index contributed by atoms with van der Waals surface area (Å²) in [4.78, 5) is 25.1. The van der Waals surface area contributed by atoms with E-state index in [1.165, 1.54) is 135 Å². The SMILES string of the molecule is CCCC/C=C\C/C=C\CCCCCCCC(=O)OCCCCC/C=C\C=C/CCCCCCCCCCCCC(=O)NC(COC1OC(CO)C(O)C(O)C1O)C(O)/C=C/CCCCCCCCCCCCC. The van der Waals surface area contributed by atoms with Crippen molar-refractivity contribution in [2.75, 3.05) is 19.8 Å². The molecule has 7 atom stereocenters. The van der Waals surface area contributed by atoms with Crippen LogP contribution in [0.25, 0.3) is 0 Å². The van der Waals surface area contributed by atoms with Crippen LogP contribution >= 0.6 is 0 Å². The zero-order valence-electron chi connectivity index (χ0n) is 47.3. The summed E-state index contributed by atoms with van der Waals surface area (Å²) in [5, 5.41) is 54.4. The lowest BCUT2D eigenvalue weighted by molar-refractivity contribution is -0.302. The Balaban J connectivity index is 2.11. The van der Waals surface area contributed by atoms with E-state index in [1.807, 2.05) is 6.08 Å². The summed E-state index contributed by atoms with van der Waals surface area (Å²) < 4.78 is 16.7. The number of ether oxygens (including phenoxy) is 3. The van der Waals surface area contributed by atoms with Gasteiger partial charge in [-0.1, -0.05) is 222 Å². The smallest absolute Gasteiger partial charge is 0.305 e. The predicted molar refractivity (Wildman–Crippen MR) is 306 cm³/mol. The van der Waals surface area contributed by atoms with Gasteiger partial charge in [0.05, 0.1) is 32.0 Å². The van der Waals surface area contributed by atoms with Crippen molar-refractivity contribution in [2.45, 2.75) is 307 Å². The van der Waals surface area contributed by atoms with Crippen molar-refractivity contribution in [3.8, 4) is 0 Å². The van der Waals surface area contributed by atoms with E-state index in [9.17, 15) is 35.1 Å². The molecule has 1 aliphatic heterocycles. The van der Waals surface area contributed by atoms with Crippen molar-refractivity contribution < 1.29 is 49.3 Å². The van der Waals surface area contributed by atoms with E-state index < -0.39 is 49.5 Å². The van der Waals surface area contributed by atoms with Gasteiger partial charge in [-0.05, 0) is 89.9 Å². The Morgan fingerprint density at radius 2 is 0.959 bits per heavy atom. The first-order chi connectivity index (χ1) is 36.2. The molecular weight excluding hydrogens is 931 g/mol. The Labute approximate surface area is 452 Å². The monoisotopic (exact) mass is 1040 g/mol. The number of unbranched alkanes of at least 4 members (excludes halogenated alkanes) is 31. The number of hydrogen-bond donors (Lipinski definition) is 6. The van der Waals surface area contributed by atoms with Gasteiger partial charge in [0.1, 0.15) is 24.4 Å². The van der Waals surface area contributed by atoms with Crippen LogP contribution in [0, 0.1) is 0 Å². The van der Waals surface area contributed by atoms with E-state index in [4.69, 9.17) is 14.2 Å².